The molecule has 4 heterocycles. The van der Waals surface area contributed by atoms with Crippen LogP contribution in [-0.4, -0.2) is 62.6 Å². The van der Waals surface area contributed by atoms with Crippen molar-refractivity contribution < 1.29 is 9.59 Å². The standard InChI is InChI=1S/C20H21N5O2S/c1-23-18-15(12-21-23)14(11-16(22-18)13-4-5-13)19(26)24-6-8-25(9-7-24)20(27)17-3-2-10-28-17/h2-3,10-13H,4-9H2,1H3. The van der Waals surface area contributed by atoms with E-state index in [-0.39, 0.29) is 11.8 Å². The Kier molecular flexibility index (Phi) is 4.16. The molecule has 0 radical (unpaired) electrons. The summed E-state index contributed by atoms with van der Waals surface area (Å²) < 4.78 is 1.73. The van der Waals surface area contributed by atoms with Crippen LogP contribution in [0.5, 0.6) is 0 Å². The molecular weight excluding hydrogens is 374 g/mol. The van der Waals surface area contributed by atoms with E-state index >= 15 is 0 Å². The molecule has 5 rings (SSSR count). The molecule has 2 amide bonds. The van der Waals surface area contributed by atoms with Gasteiger partial charge in [0.05, 0.1) is 22.0 Å². The molecule has 3 aromatic rings. The van der Waals surface area contributed by atoms with E-state index in [2.05, 4.69) is 5.10 Å². The van der Waals surface area contributed by atoms with Crippen molar-refractivity contribution in [3.05, 3.63) is 45.9 Å². The molecule has 2 aliphatic rings. The molecule has 28 heavy (non-hydrogen) atoms. The minimum absolute atomic E-state index is 0.00511. The Bertz CT molecular complexity index is 1050. The number of piperazine rings is 1. The van der Waals surface area contributed by atoms with Gasteiger partial charge in [0.15, 0.2) is 5.65 Å². The van der Waals surface area contributed by atoms with Gasteiger partial charge in [0.1, 0.15) is 0 Å². The lowest BCUT2D eigenvalue weighted by molar-refractivity contribution is 0.0539. The summed E-state index contributed by atoms with van der Waals surface area (Å²) in [6.45, 7) is 2.19. The van der Waals surface area contributed by atoms with Crippen molar-refractivity contribution in [3.8, 4) is 0 Å². The van der Waals surface area contributed by atoms with Gasteiger partial charge < -0.3 is 9.80 Å². The summed E-state index contributed by atoms with van der Waals surface area (Å²) >= 11 is 1.45. The molecule has 0 atom stereocenters. The highest BCUT2D eigenvalue weighted by molar-refractivity contribution is 7.12. The van der Waals surface area contributed by atoms with Crippen molar-refractivity contribution in [1.82, 2.24) is 24.6 Å². The van der Waals surface area contributed by atoms with Crippen LogP contribution in [0.3, 0.4) is 0 Å². The van der Waals surface area contributed by atoms with Gasteiger partial charge in [-0.05, 0) is 30.4 Å². The molecule has 2 fully saturated rings. The Labute approximate surface area is 166 Å². The normalized spacial score (nSPS) is 17.3. The summed E-state index contributed by atoms with van der Waals surface area (Å²) in [5.41, 5.74) is 2.43. The SMILES string of the molecule is Cn1ncc2c(C(=O)N3CCN(C(=O)c4cccs4)CC3)cc(C3CC3)nc21. The van der Waals surface area contributed by atoms with Crippen LogP contribution in [0.4, 0.5) is 0 Å². The number of amides is 2. The number of carbonyl (C=O) groups excluding carboxylic acids is 2. The Morgan fingerprint density at radius 1 is 1.11 bits per heavy atom. The highest BCUT2D eigenvalue weighted by Gasteiger charge is 2.30. The Hall–Kier alpha value is -2.74. The molecule has 1 saturated carbocycles. The third-order valence-electron chi connectivity index (χ3n) is 5.54. The molecule has 8 heteroatoms. The molecule has 7 nitrogen and oxygen atoms in total. The number of pyridine rings is 1. The van der Waals surface area contributed by atoms with Crippen LogP contribution in [0, 0.1) is 0 Å². The minimum Gasteiger partial charge on any atom is -0.335 e. The highest BCUT2D eigenvalue weighted by atomic mass is 32.1. The number of thiophene rings is 1. The first kappa shape index (κ1) is 17.4. The van der Waals surface area contributed by atoms with Gasteiger partial charge in [0.25, 0.3) is 11.8 Å². The first-order valence-corrected chi connectivity index (χ1v) is 10.4. The van der Waals surface area contributed by atoms with Gasteiger partial charge in [-0.3, -0.25) is 14.3 Å². The zero-order valence-corrected chi connectivity index (χ0v) is 16.5. The topological polar surface area (TPSA) is 71.3 Å². The highest BCUT2D eigenvalue weighted by Crippen LogP contribution is 2.40. The number of hydrogen-bond donors (Lipinski definition) is 0. The maximum Gasteiger partial charge on any atom is 0.264 e. The lowest BCUT2D eigenvalue weighted by Crippen LogP contribution is -2.50. The Morgan fingerprint density at radius 3 is 2.46 bits per heavy atom. The van der Waals surface area contributed by atoms with Gasteiger partial charge in [-0.2, -0.15) is 5.10 Å². The third-order valence-corrected chi connectivity index (χ3v) is 6.39. The van der Waals surface area contributed by atoms with Gasteiger partial charge in [0.2, 0.25) is 0 Å². The van der Waals surface area contributed by atoms with E-state index in [9.17, 15) is 9.59 Å². The number of aryl methyl sites for hydroxylation is 1. The number of aromatic nitrogens is 3. The molecule has 3 aromatic heterocycles. The predicted octanol–water partition coefficient (Wildman–Crippen LogP) is 2.51. The smallest absolute Gasteiger partial charge is 0.264 e. The predicted molar refractivity (Wildman–Crippen MR) is 107 cm³/mol. The molecule has 1 aliphatic heterocycles. The average molecular weight is 395 g/mol. The Morgan fingerprint density at radius 2 is 1.82 bits per heavy atom. The Balaban J connectivity index is 1.37. The maximum absolute atomic E-state index is 13.3. The van der Waals surface area contributed by atoms with Crippen LogP contribution in [0.1, 0.15) is 44.5 Å². The van der Waals surface area contributed by atoms with E-state index < -0.39 is 0 Å². The second-order valence-electron chi connectivity index (χ2n) is 7.44. The van der Waals surface area contributed by atoms with E-state index in [0.717, 1.165) is 34.4 Å². The summed E-state index contributed by atoms with van der Waals surface area (Å²) in [5, 5.41) is 7.01. The van der Waals surface area contributed by atoms with Crippen molar-refractivity contribution >= 4 is 34.2 Å². The van der Waals surface area contributed by atoms with E-state index in [1.54, 1.807) is 10.9 Å². The molecule has 0 bridgehead atoms. The summed E-state index contributed by atoms with van der Waals surface area (Å²) in [6.07, 6.45) is 3.99. The quantitative estimate of drug-likeness (QED) is 0.683. The van der Waals surface area contributed by atoms with Gasteiger partial charge in [-0.25, -0.2) is 4.98 Å². The van der Waals surface area contributed by atoms with Crippen LogP contribution in [0.25, 0.3) is 11.0 Å². The van der Waals surface area contributed by atoms with Crippen LogP contribution in [0.15, 0.2) is 29.8 Å². The molecule has 0 spiro atoms. The first-order valence-electron chi connectivity index (χ1n) is 9.56. The lowest BCUT2D eigenvalue weighted by atomic mass is 10.1. The van der Waals surface area contributed by atoms with E-state index in [0.29, 0.717) is 37.7 Å². The fourth-order valence-corrected chi connectivity index (χ4v) is 4.43. The largest absolute Gasteiger partial charge is 0.335 e. The van der Waals surface area contributed by atoms with E-state index in [1.165, 1.54) is 11.3 Å². The van der Waals surface area contributed by atoms with Crippen LogP contribution in [0.2, 0.25) is 0 Å². The van der Waals surface area contributed by atoms with Gasteiger partial charge >= 0.3 is 0 Å². The minimum atomic E-state index is 0.00511. The fraction of sp³-hybridized carbons (Fsp3) is 0.400. The van der Waals surface area contributed by atoms with Gasteiger partial charge in [-0.1, -0.05) is 6.07 Å². The zero-order chi connectivity index (χ0) is 19.3. The summed E-state index contributed by atoms with van der Waals surface area (Å²) in [4.78, 5) is 35.0. The number of fused-ring (bicyclic) bond motifs is 1. The molecule has 144 valence electrons. The average Bonchev–Trinajstić information content (AvgIpc) is 3.30. The van der Waals surface area contributed by atoms with Crippen LogP contribution < -0.4 is 0 Å². The van der Waals surface area contributed by atoms with Gasteiger partial charge in [-0.15, -0.1) is 11.3 Å². The zero-order valence-electron chi connectivity index (χ0n) is 15.7. The summed E-state index contributed by atoms with van der Waals surface area (Å²) in [5.74, 6) is 0.522. The van der Waals surface area contributed by atoms with E-state index in [4.69, 9.17) is 4.98 Å². The third kappa shape index (κ3) is 2.97. The van der Waals surface area contributed by atoms with Crippen molar-refractivity contribution in [2.24, 2.45) is 7.05 Å². The monoisotopic (exact) mass is 395 g/mol. The molecule has 1 saturated heterocycles. The second kappa shape index (κ2) is 6.70. The number of carbonyl (C=O) groups is 2. The maximum atomic E-state index is 13.3. The molecule has 0 unspecified atom stereocenters. The van der Waals surface area contributed by atoms with Crippen molar-refractivity contribution in [2.75, 3.05) is 26.2 Å². The molecule has 1 aliphatic carbocycles. The van der Waals surface area contributed by atoms with Crippen molar-refractivity contribution in [2.45, 2.75) is 18.8 Å². The lowest BCUT2D eigenvalue weighted by Gasteiger charge is -2.34. The number of nitrogens with zero attached hydrogens (tertiary/aromatic N) is 5. The summed E-state index contributed by atoms with van der Waals surface area (Å²) in [6, 6.07) is 5.69. The van der Waals surface area contributed by atoms with Gasteiger partial charge in [0, 0.05) is 44.8 Å². The molecule has 0 aromatic carbocycles. The number of rotatable bonds is 3. The van der Waals surface area contributed by atoms with Crippen LogP contribution >= 0.6 is 11.3 Å². The first-order chi connectivity index (χ1) is 13.6. The molecule has 0 N–H and O–H groups in total. The van der Waals surface area contributed by atoms with Crippen molar-refractivity contribution in [3.63, 3.8) is 0 Å². The fourth-order valence-electron chi connectivity index (χ4n) is 3.74. The molecular formula is C20H21N5O2S. The van der Waals surface area contributed by atoms with E-state index in [1.807, 2.05) is 40.4 Å². The second-order valence-corrected chi connectivity index (χ2v) is 8.38. The van der Waals surface area contributed by atoms with Crippen molar-refractivity contribution in [1.29, 1.82) is 0 Å². The summed E-state index contributed by atoms with van der Waals surface area (Å²) in [7, 11) is 1.86. The van der Waals surface area contributed by atoms with Crippen LogP contribution in [-0.2, 0) is 7.05 Å². The number of hydrogen-bond acceptors (Lipinski definition) is 5.